The SMILES string of the molecule is CC(C)(C)[Si](C)(C)OCC1OC(=O)C(Cl)C1O[Si](C)(C)C(C)(C)C. The van der Waals surface area contributed by atoms with E-state index in [9.17, 15) is 4.79 Å². The Kier molecular flexibility index (Phi) is 6.48. The van der Waals surface area contributed by atoms with Gasteiger partial charge in [-0.1, -0.05) is 41.5 Å². The van der Waals surface area contributed by atoms with E-state index in [-0.39, 0.29) is 10.1 Å². The second-order valence-electron chi connectivity index (χ2n) is 9.79. The van der Waals surface area contributed by atoms with Gasteiger partial charge in [0.2, 0.25) is 0 Å². The molecule has 1 fully saturated rings. The van der Waals surface area contributed by atoms with Crippen LogP contribution in [0, 0.1) is 0 Å². The number of esters is 1. The average molecular weight is 395 g/mol. The predicted molar refractivity (Wildman–Crippen MR) is 105 cm³/mol. The smallest absolute Gasteiger partial charge is 0.327 e. The number of halogens is 1. The van der Waals surface area contributed by atoms with Gasteiger partial charge >= 0.3 is 5.97 Å². The van der Waals surface area contributed by atoms with Crippen LogP contribution < -0.4 is 0 Å². The Morgan fingerprint density at radius 3 is 1.88 bits per heavy atom. The normalized spacial score (nSPS) is 26.6. The van der Waals surface area contributed by atoms with Crippen molar-refractivity contribution >= 4 is 34.2 Å². The van der Waals surface area contributed by atoms with Crippen molar-refractivity contribution in [1.29, 1.82) is 0 Å². The summed E-state index contributed by atoms with van der Waals surface area (Å²) < 4.78 is 18.1. The number of carbonyl (C=O) groups is 1. The van der Waals surface area contributed by atoms with E-state index in [4.69, 9.17) is 25.2 Å². The van der Waals surface area contributed by atoms with E-state index in [2.05, 4.69) is 67.7 Å². The van der Waals surface area contributed by atoms with E-state index in [0.717, 1.165) is 0 Å². The molecule has 24 heavy (non-hydrogen) atoms. The third-order valence-electron chi connectivity index (χ3n) is 5.80. The molecular formula is C17H35ClO4Si2. The van der Waals surface area contributed by atoms with Gasteiger partial charge in [-0.25, -0.2) is 0 Å². The van der Waals surface area contributed by atoms with Crippen molar-refractivity contribution in [2.45, 2.75) is 95.4 Å². The molecular weight excluding hydrogens is 360 g/mol. The Bertz CT molecular complexity index is 466. The highest BCUT2D eigenvalue weighted by molar-refractivity contribution is 6.74. The van der Waals surface area contributed by atoms with Crippen molar-refractivity contribution in [2.75, 3.05) is 6.61 Å². The fourth-order valence-electron chi connectivity index (χ4n) is 1.89. The van der Waals surface area contributed by atoms with E-state index in [1.54, 1.807) is 0 Å². The van der Waals surface area contributed by atoms with Crippen LogP contribution in [0.1, 0.15) is 41.5 Å². The largest absolute Gasteiger partial charge is 0.456 e. The first kappa shape index (κ1) is 22.2. The van der Waals surface area contributed by atoms with Crippen LogP contribution in [0.2, 0.25) is 36.3 Å². The Balaban J connectivity index is 2.88. The molecule has 0 saturated carbocycles. The molecule has 0 spiro atoms. The van der Waals surface area contributed by atoms with Crippen molar-refractivity contribution in [3.05, 3.63) is 0 Å². The molecule has 4 nitrogen and oxygen atoms in total. The molecule has 142 valence electrons. The number of ether oxygens (including phenoxy) is 1. The lowest BCUT2D eigenvalue weighted by Gasteiger charge is -2.40. The molecule has 1 aliphatic rings. The van der Waals surface area contributed by atoms with E-state index in [0.29, 0.717) is 6.61 Å². The lowest BCUT2D eigenvalue weighted by atomic mass is 10.2. The molecule has 0 bridgehead atoms. The van der Waals surface area contributed by atoms with Gasteiger partial charge in [0, 0.05) is 0 Å². The van der Waals surface area contributed by atoms with Crippen molar-refractivity contribution in [3.8, 4) is 0 Å². The third kappa shape index (κ3) is 4.84. The Labute approximate surface area is 154 Å². The van der Waals surface area contributed by atoms with Gasteiger partial charge in [0.1, 0.15) is 6.10 Å². The van der Waals surface area contributed by atoms with Crippen LogP contribution in [-0.4, -0.2) is 46.8 Å². The number of carbonyl (C=O) groups excluding carboxylic acids is 1. The molecule has 1 heterocycles. The molecule has 0 amide bonds. The highest BCUT2D eigenvalue weighted by Crippen LogP contribution is 2.41. The van der Waals surface area contributed by atoms with Crippen LogP contribution in [0.5, 0.6) is 0 Å². The minimum atomic E-state index is -2.06. The fraction of sp³-hybridized carbons (Fsp3) is 0.941. The molecule has 0 radical (unpaired) electrons. The first-order valence-corrected chi connectivity index (χ1v) is 14.9. The molecule has 1 aliphatic heterocycles. The molecule has 0 aliphatic carbocycles. The van der Waals surface area contributed by atoms with Crippen molar-refractivity contribution in [3.63, 3.8) is 0 Å². The summed E-state index contributed by atoms with van der Waals surface area (Å²) in [5, 5.41) is -0.613. The minimum Gasteiger partial charge on any atom is -0.456 e. The lowest BCUT2D eigenvalue weighted by Crippen LogP contribution is -2.50. The van der Waals surface area contributed by atoms with Crippen LogP contribution >= 0.6 is 11.6 Å². The van der Waals surface area contributed by atoms with Crippen molar-refractivity contribution in [2.24, 2.45) is 0 Å². The summed E-state index contributed by atoms with van der Waals surface area (Å²) in [6.07, 6.45) is -0.868. The third-order valence-corrected chi connectivity index (χ3v) is 15.2. The van der Waals surface area contributed by atoms with Crippen LogP contribution in [0.15, 0.2) is 0 Å². The van der Waals surface area contributed by atoms with E-state index in [1.165, 1.54) is 0 Å². The highest BCUT2D eigenvalue weighted by atomic mass is 35.5. The Morgan fingerprint density at radius 1 is 1.00 bits per heavy atom. The molecule has 1 saturated heterocycles. The van der Waals surface area contributed by atoms with E-state index >= 15 is 0 Å². The summed E-state index contributed by atoms with van der Waals surface area (Å²) in [7, 11) is -3.98. The summed E-state index contributed by atoms with van der Waals surface area (Å²) in [6.45, 7) is 22.1. The molecule has 0 aromatic heterocycles. The first-order valence-electron chi connectivity index (χ1n) is 8.66. The maximum absolute atomic E-state index is 12.0. The summed E-state index contributed by atoms with van der Waals surface area (Å²) in [4.78, 5) is 12.0. The fourth-order valence-corrected chi connectivity index (χ4v) is 4.58. The molecule has 1 rings (SSSR count). The maximum atomic E-state index is 12.0. The second-order valence-corrected chi connectivity index (χ2v) is 19.8. The van der Waals surface area contributed by atoms with Crippen LogP contribution in [0.25, 0.3) is 0 Å². The zero-order valence-corrected chi connectivity index (χ0v) is 19.7. The highest BCUT2D eigenvalue weighted by Gasteiger charge is 2.50. The number of hydrogen-bond donors (Lipinski definition) is 0. The van der Waals surface area contributed by atoms with Gasteiger partial charge < -0.3 is 13.6 Å². The van der Waals surface area contributed by atoms with Gasteiger partial charge in [-0.2, -0.15) is 0 Å². The first-order chi connectivity index (χ1) is 10.5. The standard InChI is InChI=1S/C17H35ClO4Si2/c1-16(2,3)23(7,8)20-11-12-14(13(18)15(19)21-12)22-24(9,10)17(4,5)6/h12-14H,11H2,1-10H3. The van der Waals surface area contributed by atoms with Gasteiger partial charge in [0.15, 0.2) is 28.1 Å². The zero-order chi connectivity index (χ0) is 19.1. The molecule has 0 aromatic rings. The van der Waals surface area contributed by atoms with Gasteiger partial charge in [-0.05, 0) is 36.3 Å². The number of hydrogen-bond acceptors (Lipinski definition) is 4. The molecule has 0 N–H and O–H groups in total. The van der Waals surface area contributed by atoms with Crippen molar-refractivity contribution in [1.82, 2.24) is 0 Å². The van der Waals surface area contributed by atoms with Gasteiger partial charge in [-0.3, -0.25) is 4.79 Å². The topological polar surface area (TPSA) is 44.8 Å². The summed E-state index contributed by atoms with van der Waals surface area (Å²) >= 11 is 6.30. The van der Waals surface area contributed by atoms with Crippen LogP contribution in [-0.2, 0) is 18.4 Å². The van der Waals surface area contributed by atoms with Crippen LogP contribution in [0.4, 0.5) is 0 Å². The quantitative estimate of drug-likeness (QED) is 0.376. The van der Waals surface area contributed by atoms with Gasteiger partial charge in [0.05, 0.1) is 6.61 Å². The molecule has 3 atom stereocenters. The number of alkyl halides is 1. The lowest BCUT2D eigenvalue weighted by molar-refractivity contribution is -0.142. The van der Waals surface area contributed by atoms with Gasteiger partial charge in [-0.15, -0.1) is 11.6 Å². The molecule has 0 aromatic carbocycles. The minimum absolute atomic E-state index is 0.0418. The Hall–Kier alpha value is 0.114. The predicted octanol–water partition coefficient (Wildman–Crippen LogP) is 4.93. The molecule has 7 heteroatoms. The van der Waals surface area contributed by atoms with Crippen LogP contribution in [0.3, 0.4) is 0 Å². The summed E-state index contributed by atoms with van der Waals surface area (Å²) in [5.74, 6) is -0.399. The number of cyclic esters (lactones) is 1. The monoisotopic (exact) mass is 394 g/mol. The zero-order valence-electron chi connectivity index (χ0n) is 17.0. The second kappa shape index (κ2) is 7.02. The maximum Gasteiger partial charge on any atom is 0.327 e. The summed E-state index contributed by atoms with van der Waals surface area (Å²) in [5.41, 5.74) is 0. The van der Waals surface area contributed by atoms with Gasteiger partial charge in [0.25, 0.3) is 0 Å². The Morgan fingerprint density at radius 2 is 1.46 bits per heavy atom. The van der Waals surface area contributed by atoms with E-state index < -0.39 is 40.2 Å². The number of rotatable bonds is 5. The average Bonchev–Trinajstić information content (AvgIpc) is 2.61. The molecule has 3 unspecified atom stereocenters. The van der Waals surface area contributed by atoms with Crippen molar-refractivity contribution < 1.29 is 18.4 Å². The summed E-state index contributed by atoms with van der Waals surface area (Å²) in [6, 6.07) is 0. The van der Waals surface area contributed by atoms with E-state index in [1.807, 2.05) is 0 Å².